The molecule has 2 aromatic rings. The molecule has 7 heteroatoms. The number of rotatable bonds is 5. The number of hydrogen-bond donors (Lipinski definition) is 1. The van der Waals surface area contributed by atoms with Gasteiger partial charge in [-0.2, -0.15) is 0 Å². The summed E-state index contributed by atoms with van der Waals surface area (Å²) < 4.78 is 27.4. The summed E-state index contributed by atoms with van der Waals surface area (Å²) in [7, 11) is -1.56. The highest BCUT2D eigenvalue weighted by Crippen LogP contribution is 2.47. The van der Waals surface area contributed by atoms with Gasteiger partial charge in [-0.25, -0.2) is 12.7 Å². The molecule has 24 heavy (non-hydrogen) atoms. The van der Waals surface area contributed by atoms with E-state index in [-0.39, 0.29) is 12.4 Å². The van der Waals surface area contributed by atoms with Gasteiger partial charge in [0.05, 0.1) is 11.4 Å². The van der Waals surface area contributed by atoms with E-state index >= 15 is 0 Å². The lowest BCUT2D eigenvalue weighted by atomic mass is 10.2. The Balaban J connectivity index is 0.00000208. The SMILES string of the molecule is CNCCCC1Sc2ccccc2N(c2ccccc2)S1(=O)=O.Cl. The number of sulfonamides is 1. The molecule has 0 radical (unpaired) electrons. The quantitative estimate of drug-likeness (QED) is 0.791. The van der Waals surface area contributed by atoms with Crippen LogP contribution in [0.5, 0.6) is 0 Å². The van der Waals surface area contributed by atoms with E-state index in [1.807, 2.05) is 61.6 Å². The molecule has 1 N–H and O–H groups in total. The monoisotopic (exact) mass is 384 g/mol. The Hall–Kier alpha value is -1.21. The van der Waals surface area contributed by atoms with E-state index in [0.29, 0.717) is 12.1 Å². The molecule has 0 aliphatic carbocycles. The van der Waals surface area contributed by atoms with Gasteiger partial charge in [-0.15, -0.1) is 24.2 Å². The molecule has 1 unspecified atom stereocenters. The highest BCUT2D eigenvalue weighted by atomic mass is 35.5. The summed E-state index contributed by atoms with van der Waals surface area (Å²) in [5, 5.41) is 3.08. The first kappa shape index (κ1) is 19.1. The van der Waals surface area contributed by atoms with E-state index in [0.717, 1.165) is 23.5 Å². The lowest BCUT2D eigenvalue weighted by Gasteiger charge is -2.35. The zero-order valence-electron chi connectivity index (χ0n) is 13.4. The Labute approximate surface area is 154 Å². The summed E-state index contributed by atoms with van der Waals surface area (Å²) in [6, 6.07) is 17.0. The summed E-state index contributed by atoms with van der Waals surface area (Å²) in [4.78, 5) is 1.01. The fourth-order valence-corrected chi connectivity index (χ4v) is 6.35. The molecule has 1 aliphatic rings. The minimum atomic E-state index is -3.44. The molecule has 0 amide bonds. The van der Waals surface area contributed by atoms with Crippen molar-refractivity contribution in [2.24, 2.45) is 0 Å². The molecule has 1 heterocycles. The van der Waals surface area contributed by atoms with Gasteiger partial charge in [0.15, 0.2) is 0 Å². The molecular weight excluding hydrogens is 364 g/mol. The average Bonchev–Trinajstić information content (AvgIpc) is 2.56. The van der Waals surface area contributed by atoms with Gasteiger partial charge in [-0.1, -0.05) is 30.3 Å². The van der Waals surface area contributed by atoms with Crippen LogP contribution in [0.15, 0.2) is 59.5 Å². The van der Waals surface area contributed by atoms with Gasteiger partial charge in [0.1, 0.15) is 4.58 Å². The van der Waals surface area contributed by atoms with Gasteiger partial charge in [0.25, 0.3) is 10.0 Å². The standard InChI is InChI=1S/C17H20N2O2S2.ClH/c1-18-13-7-12-17-22-16-11-6-5-10-15(16)19(23(17,20)21)14-8-3-2-4-9-14;/h2-6,8-11,17-18H,7,12-13H2,1H3;1H. The maximum absolute atomic E-state index is 13.2. The van der Waals surface area contributed by atoms with Crippen LogP contribution in [0.4, 0.5) is 11.4 Å². The van der Waals surface area contributed by atoms with Gasteiger partial charge >= 0.3 is 0 Å². The Bertz CT molecular complexity index is 769. The van der Waals surface area contributed by atoms with E-state index in [1.165, 1.54) is 16.1 Å². The van der Waals surface area contributed by atoms with Gasteiger partial charge < -0.3 is 5.32 Å². The van der Waals surface area contributed by atoms with Crippen LogP contribution in [-0.4, -0.2) is 26.6 Å². The lowest BCUT2D eigenvalue weighted by Crippen LogP contribution is -2.37. The summed E-state index contributed by atoms with van der Waals surface area (Å²) >= 11 is 1.46. The van der Waals surface area contributed by atoms with E-state index in [4.69, 9.17) is 0 Å². The van der Waals surface area contributed by atoms with Crippen LogP contribution in [0.1, 0.15) is 12.8 Å². The van der Waals surface area contributed by atoms with Crippen molar-refractivity contribution in [3.05, 3.63) is 54.6 Å². The Morgan fingerprint density at radius 3 is 2.46 bits per heavy atom. The number of benzene rings is 2. The fraction of sp³-hybridized carbons (Fsp3) is 0.294. The normalized spacial score (nSPS) is 18.5. The number of halogens is 1. The van der Waals surface area contributed by atoms with E-state index < -0.39 is 14.6 Å². The molecule has 3 rings (SSSR count). The van der Waals surface area contributed by atoms with Crippen molar-refractivity contribution < 1.29 is 8.42 Å². The van der Waals surface area contributed by atoms with Crippen molar-refractivity contribution in [3.8, 4) is 0 Å². The van der Waals surface area contributed by atoms with Crippen LogP contribution in [0.2, 0.25) is 0 Å². The number of fused-ring (bicyclic) bond motifs is 1. The second kappa shape index (κ2) is 8.25. The Morgan fingerprint density at radius 2 is 1.75 bits per heavy atom. The molecule has 0 spiro atoms. The number of nitrogens with one attached hydrogen (secondary N) is 1. The molecular formula is C17H21ClN2O2S2. The molecule has 0 saturated carbocycles. The lowest BCUT2D eigenvalue weighted by molar-refractivity contribution is 0.584. The van der Waals surface area contributed by atoms with Gasteiger partial charge in [-0.05, 0) is 50.7 Å². The van der Waals surface area contributed by atoms with Crippen LogP contribution in [0, 0.1) is 0 Å². The predicted molar refractivity (Wildman–Crippen MR) is 104 cm³/mol. The van der Waals surface area contributed by atoms with E-state index in [9.17, 15) is 8.42 Å². The highest BCUT2D eigenvalue weighted by molar-refractivity contribution is 8.14. The number of para-hydroxylation sites is 2. The van der Waals surface area contributed by atoms with Crippen molar-refractivity contribution in [2.45, 2.75) is 22.3 Å². The maximum atomic E-state index is 13.2. The van der Waals surface area contributed by atoms with Gasteiger partial charge in [-0.3, -0.25) is 0 Å². The summed E-state index contributed by atoms with van der Waals surface area (Å²) in [6.45, 7) is 0.819. The molecule has 0 bridgehead atoms. The van der Waals surface area contributed by atoms with Crippen LogP contribution in [0.25, 0.3) is 0 Å². The fourth-order valence-electron chi connectivity index (χ4n) is 2.68. The number of nitrogens with zero attached hydrogens (tertiary/aromatic N) is 1. The minimum absolute atomic E-state index is 0. The second-order valence-electron chi connectivity index (χ2n) is 5.41. The molecule has 0 fully saturated rings. The third kappa shape index (κ3) is 3.72. The summed E-state index contributed by atoms with van der Waals surface area (Å²) in [5.74, 6) is 0. The van der Waals surface area contributed by atoms with Crippen molar-refractivity contribution in [2.75, 3.05) is 17.9 Å². The zero-order valence-corrected chi connectivity index (χ0v) is 15.8. The largest absolute Gasteiger partial charge is 0.320 e. The van der Waals surface area contributed by atoms with Crippen molar-refractivity contribution in [3.63, 3.8) is 0 Å². The third-order valence-electron chi connectivity index (χ3n) is 3.79. The van der Waals surface area contributed by atoms with Crippen LogP contribution >= 0.6 is 24.2 Å². The summed E-state index contributed by atoms with van der Waals surface area (Å²) in [5.41, 5.74) is 1.44. The molecule has 4 nitrogen and oxygen atoms in total. The van der Waals surface area contributed by atoms with Crippen molar-refractivity contribution >= 4 is 45.6 Å². The smallest absolute Gasteiger partial charge is 0.252 e. The van der Waals surface area contributed by atoms with E-state index in [2.05, 4.69) is 5.32 Å². The van der Waals surface area contributed by atoms with Crippen LogP contribution in [0.3, 0.4) is 0 Å². The van der Waals surface area contributed by atoms with Crippen LogP contribution in [-0.2, 0) is 10.0 Å². The van der Waals surface area contributed by atoms with Crippen LogP contribution < -0.4 is 9.62 Å². The first-order chi connectivity index (χ1) is 11.1. The molecule has 0 saturated heterocycles. The third-order valence-corrected chi connectivity index (χ3v) is 7.72. The Morgan fingerprint density at radius 1 is 1.08 bits per heavy atom. The number of thioether (sulfide) groups is 1. The zero-order chi connectivity index (χ0) is 16.3. The average molecular weight is 385 g/mol. The Kier molecular flexibility index (Phi) is 6.57. The minimum Gasteiger partial charge on any atom is -0.320 e. The highest BCUT2D eigenvalue weighted by Gasteiger charge is 2.39. The van der Waals surface area contributed by atoms with Gasteiger partial charge in [0.2, 0.25) is 0 Å². The predicted octanol–water partition coefficient (Wildman–Crippen LogP) is 4.01. The van der Waals surface area contributed by atoms with E-state index in [1.54, 1.807) is 0 Å². The van der Waals surface area contributed by atoms with Crippen molar-refractivity contribution in [1.82, 2.24) is 5.32 Å². The number of anilines is 2. The topological polar surface area (TPSA) is 49.4 Å². The molecule has 130 valence electrons. The van der Waals surface area contributed by atoms with Gasteiger partial charge in [0, 0.05) is 4.90 Å². The molecule has 0 aromatic heterocycles. The van der Waals surface area contributed by atoms with Crippen molar-refractivity contribution in [1.29, 1.82) is 0 Å². The molecule has 1 atom stereocenters. The summed E-state index contributed by atoms with van der Waals surface area (Å²) in [6.07, 6.45) is 1.46. The first-order valence-corrected chi connectivity index (χ1v) is 10.0. The molecule has 1 aliphatic heterocycles. The maximum Gasteiger partial charge on any atom is 0.252 e. The molecule has 2 aromatic carbocycles. The first-order valence-electron chi connectivity index (χ1n) is 7.64. The second-order valence-corrected chi connectivity index (χ2v) is 8.91. The number of hydrogen-bond acceptors (Lipinski definition) is 4.